The molecule has 0 saturated carbocycles. The minimum atomic E-state index is -1.20. The molecule has 0 aliphatic heterocycles. The molecular formula is C42H42Cl2CoN2O10. The van der Waals surface area contributed by atoms with Crippen LogP contribution in [0.1, 0.15) is 57.1 Å². The number of aliphatic hydroxyl groups is 2. The third-order valence-electron chi connectivity index (χ3n) is 8.31. The summed E-state index contributed by atoms with van der Waals surface area (Å²) in [6.07, 6.45) is -0.563. The molecule has 0 saturated heterocycles. The molecule has 6 aromatic rings. The minimum absolute atomic E-state index is 0. The van der Waals surface area contributed by atoms with Gasteiger partial charge in [0, 0.05) is 81.3 Å². The average Bonchev–Trinajstić information content (AvgIpc) is 3.59. The van der Waals surface area contributed by atoms with Crippen LogP contribution in [-0.4, -0.2) is 70.5 Å². The van der Waals surface area contributed by atoms with Gasteiger partial charge in [-0.3, -0.25) is 18.7 Å². The average molecular weight is 865 g/mol. The SMILES string of the molecule is CCO.CCO.COc1ccc2c(c1)c(CC(=O)[O-])c(C)n2C(=O)c1ccc(Cl)cc1.COc1ccc2c(c1)c(CC(=O)[O-])c(C)n2C(=O)c1ccc(Cl)cc1.[Co+2]. The summed E-state index contributed by atoms with van der Waals surface area (Å²) in [5.74, 6) is -1.75. The number of aliphatic hydroxyl groups excluding tert-OH is 2. The largest absolute Gasteiger partial charge is 2.00 e. The Morgan fingerprint density at radius 3 is 1.16 bits per heavy atom. The van der Waals surface area contributed by atoms with Gasteiger partial charge in [-0.15, -0.1) is 0 Å². The number of aliphatic carboxylic acids is 2. The molecule has 2 N–H and O–H groups in total. The van der Waals surface area contributed by atoms with E-state index in [2.05, 4.69) is 0 Å². The second-order valence-corrected chi connectivity index (χ2v) is 12.8. The third kappa shape index (κ3) is 11.9. The van der Waals surface area contributed by atoms with Crippen molar-refractivity contribution >= 4 is 68.8 Å². The van der Waals surface area contributed by atoms with Crippen LogP contribution in [0.25, 0.3) is 21.8 Å². The molecule has 0 bridgehead atoms. The molecule has 12 nitrogen and oxygen atoms in total. The second-order valence-electron chi connectivity index (χ2n) is 11.9. The molecule has 0 fully saturated rings. The van der Waals surface area contributed by atoms with Crippen LogP contribution < -0.4 is 19.7 Å². The molecule has 0 aliphatic rings. The molecule has 0 amide bonds. The Labute approximate surface area is 350 Å². The van der Waals surface area contributed by atoms with Crippen LogP contribution in [0, 0.1) is 13.8 Å². The molecule has 303 valence electrons. The summed E-state index contributed by atoms with van der Waals surface area (Å²) in [6, 6.07) is 23.5. The van der Waals surface area contributed by atoms with Gasteiger partial charge < -0.3 is 39.5 Å². The Morgan fingerprint density at radius 1 is 0.596 bits per heavy atom. The maximum absolute atomic E-state index is 13.0. The zero-order valence-corrected chi connectivity index (χ0v) is 34.6. The fourth-order valence-corrected chi connectivity index (χ4v) is 6.13. The van der Waals surface area contributed by atoms with Gasteiger partial charge in [0.05, 0.1) is 25.3 Å². The van der Waals surface area contributed by atoms with Crippen LogP contribution in [0.15, 0.2) is 84.9 Å². The molecule has 57 heavy (non-hydrogen) atoms. The van der Waals surface area contributed by atoms with E-state index in [0.29, 0.717) is 77.0 Å². The number of hydrogen-bond acceptors (Lipinski definition) is 10. The number of benzene rings is 4. The molecule has 2 aromatic heterocycles. The standard InChI is InChI=1S/2C19H16ClNO4.2C2H6O.Co/c2*1-11-15(10-18(22)23)16-9-14(25-2)7-8-17(16)21(11)19(24)12-3-5-13(20)6-4-12;2*1-2-3;/h2*3-9H,10H2,1-2H3,(H,22,23);2*3H,2H2,1H3;/q;;;;+2/p-2. The van der Waals surface area contributed by atoms with E-state index in [1.807, 2.05) is 0 Å². The van der Waals surface area contributed by atoms with Gasteiger partial charge >= 0.3 is 16.8 Å². The Kier molecular flexibility index (Phi) is 19.0. The topological polar surface area (TPSA) is 183 Å². The molecule has 0 spiro atoms. The maximum atomic E-state index is 13.0. The number of ether oxygens (including phenoxy) is 2. The number of carbonyl (C=O) groups is 4. The first-order valence-corrected chi connectivity index (χ1v) is 18.0. The van der Waals surface area contributed by atoms with Crippen molar-refractivity contribution < 1.29 is 65.9 Å². The van der Waals surface area contributed by atoms with Crippen molar-refractivity contribution in [3.05, 3.63) is 129 Å². The van der Waals surface area contributed by atoms with Gasteiger partial charge in [-0.05, 0) is 124 Å². The zero-order chi connectivity index (χ0) is 41.7. The normalized spacial score (nSPS) is 10.1. The predicted molar refractivity (Wildman–Crippen MR) is 212 cm³/mol. The molecule has 6 rings (SSSR count). The predicted octanol–water partition coefficient (Wildman–Crippen LogP) is 5.18. The van der Waals surface area contributed by atoms with E-state index in [-0.39, 0.29) is 54.6 Å². The summed E-state index contributed by atoms with van der Waals surface area (Å²) < 4.78 is 13.5. The second kappa shape index (κ2) is 22.6. The Morgan fingerprint density at radius 2 is 0.895 bits per heavy atom. The Balaban J connectivity index is 0.000000341. The Hall–Kier alpha value is -5.15. The number of nitrogens with zero attached hydrogens (tertiary/aromatic N) is 2. The van der Waals surface area contributed by atoms with Crippen LogP contribution >= 0.6 is 23.2 Å². The molecule has 0 unspecified atom stereocenters. The van der Waals surface area contributed by atoms with Crippen LogP contribution in [-0.2, 0) is 39.2 Å². The fraction of sp³-hybridized carbons (Fsp3) is 0.238. The number of carboxylic acid groups (broad SMARTS) is 2. The van der Waals surface area contributed by atoms with E-state index >= 15 is 0 Å². The van der Waals surface area contributed by atoms with E-state index in [1.165, 1.54) is 23.4 Å². The number of carboxylic acids is 2. The molecule has 1 radical (unpaired) electrons. The molecule has 0 atom stereocenters. The summed E-state index contributed by atoms with van der Waals surface area (Å²) in [7, 11) is 3.06. The zero-order valence-electron chi connectivity index (χ0n) is 32.1. The van der Waals surface area contributed by atoms with Crippen molar-refractivity contribution in [3.63, 3.8) is 0 Å². The summed E-state index contributed by atoms with van der Waals surface area (Å²) in [5, 5.41) is 39.8. The summed E-state index contributed by atoms with van der Waals surface area (Å²) in [6.45, 7) is 7.30. The molecule has 15 heteroatoms. The smallest absolute Gasteiger partial charge is 0.550 e. The maximum Gasteiger partial charge on any atom is 2.00 e. The monoisotopic (exact) mass is 863 g/mol. The third-order valence-corrected chi connectivity index (χ3v) is 8.82. The van der Waals surface area contributed by atoms with Crippen molar-refractivity contribution in [1.82, 2.24) is 9.13 Å². The van der Waals surface area contributed by atoms with Crippen molar-refractivity contribution in [3.8, 4) is 11.5 Å². The first kappa shape index (κ1) is 48.0. The number of rotatable bonds is 8. The van der Waals surface area contributed by atoms with Crippen molar-refractivity contribution in [1.29, 1.82) is 0 Å². The summed E-state index contributed by atoms with van der Waals surface area (Å²) in [5.41, 5.74) is 4.36. The molecule has 4 aromatic carbocycles. The van der Waals surface area contributed by atoms with E-state index in [0.717, 1.165) is 0 Å². The number of methoxy groups -OCH3 is 2. The van der Waals surface area contributed by atoms with E-state index in [9.17, 15) is 29.4 Å². The number of aromatic nitrogens is 2. The van der Waals surface area contributed by atoms with Gasteiger partial charge in [-0.25, -0.2) is 0 Å². The van der Waals surface area contributed by atoms with Gasteiger partial charge in [0.2, 0.25) is 0 Å². The van der Waals surface area contributed by atoms with E-state index in [4.69, 9.17) is 42.9 Å². The fourth-order valence-electron chi connectivity index (χ4n) is 5.88. The molecule has 0 aliphatic carbocycles. The molecule has 2 heterocycles. The first-order valence-electron chi connectivity index (χ1n) is 17.2. The van der Waals surface area contributed by atoms with Crippen LogP contribution in [0.5, 0.6) is 11.5 Å². The van der Waals surface area contributed by atoms with Crippen LogP contribution in [0.4, 0.5) is 0 Å². The van der Waals surface area contributed by atoms with Crippen molar-refractivity contribution in [2.24, 2.45) is 0 Å². The van der Waals surface area contributed by atoms with Crippen LogP contribution in [0.2, 0.25) is 10.0 Å². The van der Waals surface area contributed by atoms with Gasteiger partial charge in [0.15, 0.2) is 0 Å². The van der Waals surface area contributed by atoms with Gasteiger partial charge in [-0.2, -0.15) is 0 Å². The van der Waals surface area contributed by atoms with Crippen LogP contribution in [0.3, 0.4) is 0 Å². The van der Waals surface area contributed by atoms with Gasteiger partial charge in [0.25, 0.3) is 11.8 Å². The van der Waals surface area contributed by atoms with E-state index in [1.54, 1.807) is 113 Å². The quantitative estimate of drug-likeness (QED) is 0.207. The number of carbonyl (C=O) groups excluding carboxylic acids is 4. The van der Waals surface area contributed by atoms with Gasteiger partial charge in [0.1, 0.15) is 11.5 Å². The molecular weight excluding hydrogens is 822 g/mol. The number of hydrogen-bond donors (Lipinski definition) is 2. The summed E-state index contributed by atoms with van der Waals surface area (Å²) >= 11 is 11.8. The summed E-state index contributed by atoms with van der Waals surface area (Å²) in [4.78, 5) is 48.3. The van der Waals surface area contributed by atoms with Gasteiger partial charge in [-0.1, -0.05) is 23.2 Å². The van der Waals surface area contributed by atoms with Crippen molar-refractivity contribution in [2.75, 3.05) is 27.4 Å². The number of fused-ring (bicyclic) bond motifs is 2. The first-order chi connectivity index (χ1) is 26.7. The van der Waals surface area contributed by atoms with Crippen molar-refractivity contribution in [2.45, 2.75) is 40.5 Å². The Bertz CT molecular complexity index is 2160. The minimum Gasteiger partial charge on any atom is -0.550 e. The van der Waals surface area contributed by atoms with E-state index < -0.39 is 11.9 Å². The number of halogens is 2.